The second kappa shape index (κ2) is 5.09. The van der Waals surface area contributed by atoms with Crippen molar-refractivity contribution < 1.29 is 13.2 Å². The Balaban J connectivity index is 2.05. The maximum Gasteiger partial charge on any atom is 0.417 e. The summed E-state index contributed by atoms with van der Waals surface area (Å²) in [5.74, 6) is 0. The van der Waals surface area contributed by atoms with Crippen LogP contribution in [0.2, 0.25) is 0 Å². The highest BCUT2D eigenvalue weighted by Crippen LogP contribution is 2.38. The van der Waals surface area contributed by atoms with Gasteiger partial charge in [-0.25, -0.2) is 4.98 Å². The minimum absolute atomic E-state index is 0.116. The van der Waals surface area contributed by atoms with E-state index < -0.39 is 11.7 Å². The molecule has 0 aliphatic rings. The van der Waals surface area contributed by atoms with E-state index in [1.54, 1.807) is 24.4 Å². The van der Waals surface area contributed by atoms with Crippen LogP contribution in [-0.4, -0.2) is 9.97 Å². The van der Waals surface area contributed by atoms with Gasteiger partial charge in [0, 0.05) is 28.0 Å². The molecule has 4 rings (SSSR count). The zero-order valence-corrected chi connectivity index (χ0v) is 12.8. The summed E-state index contributed by atoms with van der Waals surface area (Å²) in [6.45, 7) is 1.96. The van der Waals surface area contributed by atoms with Gasteiger partial charge < -0.3 is 4.98 Å². The van der Waals surface area contributed by atoms with Crippen LogP contribution in [-0.2, 0) is 6.18 Å². The van der Waals surface area contributed by atoms with E-state index in [4.69, 9.17) is 0 Å². The Labute approximate surface area is 136 Å². The average molecular weight is 326 g/mol. The highest BCUT2D eigenvalue weighted by atomic mass is 19.4. The molecule has 0 atom stereocenters. The van der Waals surface area contributed by atoms with E-state index in [0.29, 0.717) is 16.8 Å². The molecule has 0 fully saturated rings. The molecule has 0 unspecified atom stereocenters. The van der Waals surface area contributed by atoms with E-state index in [0.717, 1.165) is 22.5 Å². The van der Waals surface area contributed by atoms with Crippen molar-refractivity contribution in [1.82, 2.24) is 9.97 Å². The lowest BCUT2D eigenvalue weighted by Crippen LogP contribution is -2.07. The van der Waals surface area contributed by atoms with Gasteiger partial charge in [0.25, 0.3) is 0 Å². The highest BCUT2D eigenvalue weighted by Gasteiger charge is 2.33. The zero-order valence-electron chi connectivity index (χ0n) is 12.8. The second-order valence-electron chi connectivity index (χ2n) is 5.77. The summed E-state index contributed by atoms with van der Waals surface area (Å²) < 4.78 is 40.4. The van der Waals surface area contributed by atoms with Gasteiger partial charge >= 0.3 is 6.18 Å². The smallest absolute Gasteiger partial charge is 0.360 e. The number of hydrogen-bond acceptors (Lipinski definition) is 1. The Bertz CT molecular complexity index is 1060. The zero-order chi connectivity index (χ0) is 16.9. The third kappa shape index (κ3) is 2.24. The summed E-state index contributed by atoms with van der Waals surface area (Å²) in [6, 6.07) is 13.2. The van der Waals surface area contributed by atoms with Crippen molar-refractivity contribution in [3.8, 4) is 11.3 Å². The SMILES string of the molecule is Cc1cccc2c(-c3cc(C(F)(F)F)c4ccccc4n3)c[nH]c12. The van der Waals surface area contributed by atoms with Gasteiger partial charge in [0.15, 0.2) is 0 Å². The third-order valence-corrected chi connectivity index (χ3v) is 4.22. The van der Waals surface area contributed by atoms with Crippen LogP contribution in [0, 0.1) is 6.92 Å². The quantitative estimate of drug-likeness (QED) is 0.477. The Morgan fingerprint density at radius 3 is 2.50 bits per heavy atom. The normalized spacial score (nSPS) is 12.2. The number of fused-ring (bicyclic) bond motifs is 2. The number of hydrogen-bond donors (Lipinski definition) is 1. The second-order valence-corrected chi connectivity index (χ2v) is 5.77. The van der Waals surface area contributed by atoms with Crippen LogP contribution < -0.4 is 0 Å². The molecular weight excluding hydrogens is 313 g/mol. The summed E-state index contributed by atoms with van der Waals surface area (Å²) in [5.41, 5.74) is 2.61. The number of H-pyrrole nitrogens is 1. The van der Waals surface area contributed by atoms with Crippen LogP contribution in [0.5, 0.6) is 0 Å². The lowest BCUT2D eigenvalue weighted by molar-refractivity contribution is -0.136. The van der Waals surface area contributed by atoms with E-state index in [9.17, 15) is 13.2 Å². The van der Waals surface area contributed by atoms with Gasteiger partial charge in [-0.1, -0.05) is 36.4 Å². The van der Waals surface area contributed by atoms with Crippen molar-refractivity contribution >= 4 is 21.8 Å². The van der Waals surface area contributed by atoms with E-state index >= 15 is 0 Å². The number of nitrogens with one attached hydrogen (secondary N) is 1. The predicted molar refractivity (Wildman–Crippen MR) is 88.8 cm³/mol. The lowest BCUT2D eigenvalue weighted by atomic mass is 10.0. The molecule has 1 N–H and O–H groups in total. The molecule has 0 spiro atoms. The highest BCUT2D eigenvalue weighted by molar-refractivity contribution is 5.97. The number of aromatic nitrogens is 2. The van der Waals surface area contributed by atoms with Crippen LogP contribution in [0.15, 0.2) is 54.7 Å². The number of halogens is 3. The molecule has 0 aliphatic carbocycles. The van der Waals surface area contributed by atoms with Crippen LogP contribution in [0.4, 0.5) is 13.2 Å². The standard InChI is InChI=1S/C19H13F3N2/c1-11-5-4-7-12-14(10-23-18(11)12)17-9-15(19(20,21)22)13-6-2-3-8-16(13)24-17/h2-10,23H,1H3. The molecule has 0 radical (unpaired) electrons. The molecule has 5 heteroatoms. The molecule has 2 aromatic carbocycles. The minimum Gasteiger partial charge on any atom is -0.360 e. The fourth-order valence-electron chi connectivity index (χ4n) is 3.07. The fourth-order valence-corrected chi connectivity index (χ4v) is 3.07. The average Bonchev–Trinajstić information content (AvgIpc) is 2.98. The fraction of sp³-hybridized carbons (Fsp3) is 0.105. The van der Waals surface area contributed by atoms with Gasteiger partial charge in [-0.05, 0) is 24.6 Å². The van der Waals surface area contributed by atoms with E-state index in [1.807, 2.05) is 25.1 Å². The number of alkyl halides is 3. The molecule has 0 saturated carbocycles. The summed E-state index contributed by atoms with van der Waals surface area (Å²) in [4.78, 5) is 7.59. The van der Waals surface area contributed by atoms with Crippen molar-refractivity contribution in [1.29, 1.82) is 0 Å². The monoisotopic (exact) mass is 326 g/mol. The molecule has 24 heavy (non-hydrogen) atoms. The van der Waals surface area contributed by atoms with Gasteiger partial charge in [-0.15, -0.1) is 0 Å². The Morgan fingerprint density at radius 2 is 1.71 bits per heavy atom. The first-order valence-corrected chi connectivity index (χ1v) is 7.49. The van der Waals surface area contributed by atoms with Gasteiger partial charge in [0.1, 0.15) is 0 Å². The predicted octanol–water partition coefficient (Wildman–Crippen LogP) is 5.71. The van der Waals surface area contributed by atoms with E-state index in [-0.39, 0.29) is 5.39 Å². The molecule has 2 aromatic heterocycles. The number of aryl methyl sites for hydroxylation is 1. The van der Waals surface area contributed by atoms with Crippen molar-refractivity contribution in [2.75, 3.05) is 0 Å². The number of para-hydroxylation sites is 2. The van der Waals surface area contributed by atoms with Crippen LogP contribution in [0.25, 0.3) is 33.1 Å². The summed E-state index contributed by atoms with van der Waals surface area (Å²) in [7, 11) is 0. The van der Waals surface area contributed by atoms with Crippen LogP contribution in [0.1, 0.15) is 11.1 Å². The van der Waals surface area contributed by atoms with Crippen molar-refractivity contribution in [3.63, 3.8) is 0 Å². The first-order chi connectivity index (χ1) is 11.4. The number of rotatable bonds is 1. The van der Waals surface area contributed by atoms with Crippen molar-refractivity contribution in [2.45, 2.75) is 13.1 Å². The Hall–Kier alpha value is -2.82. The molecule has 0 amide bonds. The molecule has 0 aliphatic heterocycles. The summed E-state index contributed by atoms with van der Waals surface area (Å²) in [6.07, 6.45) is -2.71. The summed E-state index contributed by atoms with van der Waals surface area (Å²) in [5, 5.41) is 0.982. The number of pyridine rings is 1. The molecule has 2 heterocycles. The number of benzene rings is 2. The van der Waals surface area contributed by atoms with Crippen molar-refractivity contribution in [2.24, 2.45) is 0 Å². The largest absolute Gasteiger partial charge is 0.417 e. The van der Waals surface area contributed by atoms with Gasteiger partial charge in [-0.2, -0.15) is 13.2 Å². The van der Waals surface area contributed by atoms with Crippen LogP contribution in [0.3, 0.4) is 0 Å². The molecule has 0 saturated heterocycles. The van der Waals surface area contributed by atoms with E-state index in [1.165, 1.54) is 6.07 Å². The van der Waals surface area contributed by atoms with Crippen LogP contribution >= 0.6 is 0 Å². The van der Waals surface area contributed by atoms with Gasteiger partial charge in [-0.3, -0.25) is 0 Å². The Morgan fingerprint density at radius 1 is 0.958 bits per heavy atom. The first kappa shape index (κ1) is 14.8. The third-order valence-electron chi connectivity index (χ3n) is 4.22. The number of aromatic amines is 1. The lowest BCUT2D eigenvalue weighted by Gasteiger charge is -2.12. The molecule has 2 nitrogen and oxygen atoms in total. The topological polar surface area (TPSA) is 28.7 Å². The van der Waals surface area contributed by atoms with Gasteiger partial charge in [0.2, 0.25) is 0 Å². The van der Waals surface area contributed by atoms with Gasteiger partial charge in [0.05, 0.1) is 16.8 Å². The Kier molecular flexibility index (Phi) is 3.13. The van der Waals surface area contributed by atoms with Crippen molar-refractivity contribution in [3.05, 3.63) is 65.9 Å². The molecule has 4 aromatic rings. The maximum atomic E-state index is 13.5. The molecule has 120 valence electrons. The minimum atomic E-state index is -4.43. The summed E-state index contributed by atoms with van der Waals surface area (Å²) >= 11 is 0. The first-order valence-electron chi connectivity index (χ1n) is 7.49. The molecule has 0 bridgehead atoms. The van der Waals surface area contributed by atoms with E-state index in [2.05, 4.69) is 9.97 Å². The number of nitrogens with zero attached hydrogens (tertiary/aromatic N) is 1. The molecular formula is C19H13F3N2. The maximum absolute atomic E-state index is 13.5.